The molecule has 1 amide bonds. The zero-order valence-corrected chi connectivity index (χ0v) is 18.7. The van der Waals surface area contributed by atoms with E-state index in [-0.39, 0.29) is 43.9 Å². The molecule has 0 unspecified atom stereocenters. The molecule has 4 aliphatic carbocycles. The van der Waals surface area contributed by atoms with E-state index in [0.717, 1.165) is 4.90 Å². The summed E-state index contributed by atoms with van der Waals surface area (Å²) in [5, 5.41) is 2.58. The molecule has 34 heavy (non-hydrogen) atoms. The highest BCUT2D eigenvalue weighted by Crippen LogP contribution is 2.65. The van der Waals surface area contributed by atoms with Crippen molar-refractivity contribution in [3.05, 3.63) is 17.5 Å². The lowest BCUT2D eigenvalue weighted by Crippen LogP contribution is -2.70. The number of halogens is 6. The lowest BCUT2D eigenvalue weighted by atomic mass is 9.49. The fraction of sp³-hybridized carbons (Fsp3) is 0.750. The fourth-order valence-corrected chi connectivity index (χ4v) is 7.74. The van der Waals surface area contributed by atoms with Gasteiger partial charge in [0.25, 0.3) is 5.91 Å². The first-order chi connectivity index (χ1) is 15.5. The van der Waals surface area contributed by atoms with Gasteiger partial charge in [-0.1, -0.05) is 0 Å². The molecule has 0 atom stereocenters. The Balaban J connectivity index is 1.45. The smallest absolute Gasteiger partial charge is 0.348 e. The number of anilines is 1. The van der Waals surface area contributed by atoms with E-state index < -0.39 is 80.9 Å². The molecule has 1 aromatic rings. The molecule has 1 N–H and O–H groups in total. The summed E-state index contributed by atoms with van der Waals surface area (Å²) in [6.07, 6.45) is -6.64. The molecule has 1 saturated heterocycles. The Bertz CT molecular complexity index is 1090. The Hall–Kier alpha value is -2.12. The van der Waals surface area contributed by atoms with Gasteiger partial charge in [-0.25, -0.2) is 31.6 Å². The Morgan fingerprint density at radius 3 is 1.91 bits per heavy atom. The summed E-state index contributed by atoms with van der Waals surface area (Å²) >= 11 is 0. The van der Waals surface area contributed by atoms with Crippen molar-refractivity contribution in [3.63, 3.8) is 0 Å². The molecule has 0 spiro atoms. The maximum absolute atomic E-state index is 15.2. The van der Waals surface area contributed by atoms with Gasteiger partial charge in [0.05, 0.1) is 17.1 Å². The molecule has 7 nitrogen and oxygen atoms in total. The molecule has 188 valence electrons. The van der Waals surface area contributed by atoms with Crippen molar-refractivity contribution in [2.75, 3.05) is 29.9 Å². The molecule has 5 fully saturated rings. The van der Waals surface area contributed by atoms with Crippen LogP contribution in [0.5, 0.6) is 0 Å². The predicted molar refractivity (Wildman–Crippen MR) is 107 cm³/mol. The van der Waals surface area contributed by atoms with Crippen LogP contribution in [0, 0.1) is 0 Å². The first-order valence-corrected chi connectivity index (χ1v) is 12.6. The third-order valence-corrected chi connectivity index (χ3v) is 8.77. The van der Waals surface area contributed by atoms with Gasteiger partial charge >= 0.3 is 6.18 Å². The van der Waals surface area contributed by atoms with E-state index in [1.54, 1.807) is 0 Å². The highest BCUT2D eigenvalue weighted by molar-refractivity contribution is 7.91. The molecule has 5 aliphatic rings. The standard InChI is InChI=1S/C20H22F6N4O3S/c21-16-6-17(22)8-18(23,7-16)11-19(9-16,10-17)29-15-27-5-12(13(28-15)20(24,25)26)14(31)30-1-3-34(32,33)4-2-30/h5H,1-4,6-11H2,(H,27,28,29). The van der Waals surface area contributed by atoms with E-state index in [2.05, 4.69) is 15.3 Å². The van der Waals surface area contributed by atoms with Gasteiger partial charge in [-0.15, -0.1) is 0 Å². The average Bonchev–Trinajstić information content (AvgIpc) is 2.62. The van der Waals surface area contributed by atoms with Crippen LogP contribution in [-0.4, -0.2) is 76.3 Å². The zero-order chi connectivity index (χ0) is 24.8. The van der Waals surface area contributed by atoms with Gasteiger partial charge in [-0.2, -0.15) is 13.2 Å². The van der Waals surface area contributed by atoms with Crippen LogP contribution in [0.15, 0.2) is 6.20 Å². The van der Waals surface area contributed by atoms with Crippen LogP contribution in [0.3, 0.4) is 0 Å². The van der Waals surface area contributed by atoms with Crippen molar-refractivity contribution >= 4 is 21.7 Å². The van der Waals surface area contributed by atoms with Gasteiger partial charge in [-0.3, -0.25) is 4.79 Å². The number of carbonyl (C=O) groups is 1. The molecular weight excluding hydrogens is 490 g/mol. The Kier molecular flexibility index (Phi) is 4.84. The average molecular weight is 512 g/mol. The molecule has 6 rings (SSSR count). The van der Waals surface area contributed by atoms with Gasteiger partial charge in [-0.05, 0) is 0 Å². The number of sulfone groups is 1. The monoisotopic (exact) mass is 512 g/mol. The van der Waals surface area contributed by atoms with Gasteiger partial charge in [0.2, 0.25) is 5.95 Å². The number of hydrogen-bond acceptors (Lipinski definition) is 6. The topological polar surface area (TPSA) is 92.3 Å². The molecule has 1 aromatic heterocycles. The van der Waals surface area contributed by atoms with Crippen molar-refractivity contribution in [1.29, 1.82) is 0 Å². The fourth-order valence-electron chi connectivity index (χ4n) is 6.54. The molecule has 14 heteroatoms. The van der Waals surface area contributed by atoms with Crippen LogP contribution in [0.4, 0.5) is 32.3 Å². The van der Waals surface area contributed by atoms with Crippen molar-refractivity contribution in [2.45, 2.75) is 67.2 Å². The van der Waals surface area contributed by atoms with E-state index in [9.17, 15) is 26.4 Å². The number of alkyl halides is 6. The number of rotatable bonds is 3. The van der Waals surface area contributed by atoms with Gasteiger partial charge < -0.3 is 10.2 Å². The number of hydrogen-bond donors (Lipinski definition) is 1. The quantitative estimate of drug-likeness (QED) is 0.627. The van der Waals surface area contributed by atoms with Crippen LogP contribution in [-0.2, 0) is 16.0 Å². The van der Waals surface area contributed by atoms with Crippen molar-refractivity contribution in [2.24, 2.45) is 0 Å². The molecule has 0 radical (unpaired) electrons. The van der Waals surface area contributed by atoms with E-state index >= 15 is 13.2 Å². The Morgan fingerprint density at radius 1 is 0.941 bits per heavy atom. The SMILES string of the molecule is O=C(c1cnc(NC23CC4(F)CC(F)(CC(F)(C4)C2)C3)nc1C(F)(F)F)N1CCS(=O)(=O)CC1. The van der Waals surface area contributed by atoms with Crippen LogP contribution in [0.25, 0.3) is 0 Å². The first kappa shape index (κ1) is 23.6. The number of aromatic nitrogens is 2. The van der Waals surface area contributed by atoms with Crippen molar-refractivity contribution < 1.29 is 39.6 Å². The van der Waals surface area contributed by atoms with Crippen LogP contribution >= 0.6 is 0 Å². The molecule has 0 aromatic carbocycles. The van der Waals surface area contributed by atoms with E-state index in [1.807, 2.05) is 0 Å². The number of nitrogens with one attached hydrogen (secondary N) is 1. The van der Waals surface area contributed by atoms with Crippen LogP contribution < -0.4 is 5.32 Å². The minimum atomic E-state index is -5.07. The van der Waals surface area contributed by atoms with E-state index in [1.165, 1.54) is 0 Å². The third-order valence-electron chi connectivity index (χ3n) is 7.16. The second-order valence-corrected chi connectivity index (χ2v) is 12.6. The minimum Gasteiger partial charge on any atom is -0.348 e. The second kappa shape index (κ2) is 6.97. The van der Waals surface area contributed by atoms with Crippen LogP contribution in [0.1, 0.15) is 54.6 Å². The predicted octanol–water partition coefficient (Wildman–Crippen LogP) is 3.02. The van der Waals surface area contributed by atoms with Gasteiger partial charge in [0.15, 0.2) is 15.5 Å². The van der Waals surface area contributed by atoms with Crippen LogP contribution in [0.2, 0.25) is 0 Å². The second-order valence-electron chi connectivity index (χ2n) is 10.3. The number of amides is 1. The Labute approximate surface area is 191 Å². The molecule has 2 heterocycles. The highest BCUT2D eigenvalue weighted by atomic mass is 32.2. The third kappa shape index (κ3) is 4.11. The van der Waals surface area contributed by atoms with E-state index in [4.69, 9.17) is 0 Å². The number of nitrogens with zero attached hydrogens (tertiary/aromatic N) is 3. The maximum Gasteiger partial charge on any atom is 0.434 e. The summed E-state index contributed by atoms with van der Waals surface area (Å²) in [7, 11) is -3.37. The maximum atomic E-state index is 15.2. The summed E-state index contributed by atoms with van der Waals surface area (Å²) < 4.78 is 110. The summed E-state index contributed by atoms with van der Waals surface area (Å²) in [4.78, 5) is 20.9. The molecule has 1 aliphatic heterocycles. The first-order valence-electron chi connectivity index (χ1n) is 10.8. The summed E-state index contributed by atoms with van der Waals surface area (Å²) in [5.41, 5.74) is -10.3. The summed E-state index contributed by atoms with van der Waals surface area (Å²) in [5.74, 6) is -2.42. The largest absolute Gasteiger partial charge is 0.434 e. The zero-order valence-electron chi connectivity index (χ0n) is 17.9. The van der Waals surface area contributed by atoms with Crippen molar-refractivity contribution in [1.82, 2.24) is 14.9 Å². The van der Waals surface area contributed by atoms with E-state index in [0.29, 0.717) is 6.20 Å². The lowest BCUT2D eigenvalue weighted by molar-refractivity contribution is -0.184. The lowest BCUT2D eigenvalue weighted by Gasteiger charge is -2.63. The Morgan fingerprint density at radius 2 is 1.44 bits per heavy atom. The number of carbonyl (C=O) groups excluding carboxylic acids is 1. The molecular formula is C20H22F6N4O3S. The molecule has 4 saturated carbocycles. The van der Waals surface area contributed by atoms with Gasteiger partial charge in [0.1, 0.15) is 17.0 Å². The minimum absolute atomic E-state index is 0.267. The highest BCUT2D eigenvalue weighted by Gasteiger charge is 2.70. The molecule has 4 bridgehead atoms. The normalized spacial score (nSPS) is 38.7. The summed E-state index contributed by atoms with van der Waals surface area (Å²) in [6.45, 7) is -0.533. The van der Waals surface area contributed by atoms with Crippen molar-refractivity contribution in [3.8, 4) is 0 Å². The summed E-state index contributed by atoms with van der Waals surface area (Å²) in [6, 6.07) is 0. The van der Waals surface area contributed by atoms with Gasteiger partial charge in [0, 0.05) is 63.4 Å².